The first-order chi connectivity index (χ1) is 16.8. The van der Waals surface area contributed by atoms with Gasteiger partial charge in [0.05, 0.1) is 12.5 Å². The number of hydrogen-bond donors (Lipinski definition) is 1. The molecule has 0 bridgehead atoms. The van der Waals surface area contributed by atoms with Crippen LogP contribution in [-0.2, 0) is 18.3 Å². The number of halogens is 1. The number of urea groups is 1. The highest BCUT2D eigenvalue weighted by Gasteiger charge is 2.23. The van der Waals surface area contributed by atoms with Crippen LogP contribution in [0, 0.1) is 13.8 Å². The van der Waals surface area contributed by atoms with Gasteiger partial charge in [0.15, 0.2) is 5.65 Å². The number of ether oxygens (including phenoxy) is 1. The summed E-state index contributed by atoms with van der Waals surface area (Å²) in [4.78, 5) is 34.1. The first-order valence-electron chi connectivity index (χ1n) is 11.7. The molecule has 0 saturated carbocycles. The molecule has 3 aromatic rings. The summed E-state index contributed by atoms with van der Waals surface area (Å²) in [7, 11) is 3.45. The molecule has 0 atom stereocenters. The number of methoxy groups -OCH3 is 1. The third kappa shape index (κ3) is 5.35. The molecule has 9 nitrogen and oxygen atoms in total. The quantitative estimate of drug-likeness (QED) is 0.575. The molecule has 1 aromatic carbocycles. The number of amides is 3. The van der Waals surface area contributed by atoms with Crippen LogP contribution in [-0.4, -0.2) is 69.8 Å². The molecule has 1 saturated heterocycles. The number of fused-ring (bicyclic) bond motifs is 1. The van der Waals surface area contributed by atoms with Gasteiger partial charge in [0.2, 0.25) is 11.8 Å². The number of anilines is 1. The predicted octanol–water partition coefficient (Wildman–Crippen LogP) is 3.95. The van der Waals surface area contributed by atoms with E-state index in [9.17, 15) is 9.59 Å². The van der Waals surface area contributed by atoms with Gasteiger partial charge in [-0.15, -0.1) is 5.10 Å². The van der Waals surface area contributed by atoms with E-state index < -0.39 is 0 Å². The van der Waals surface area contributed by atoms with E-state index in [1.54, 1.807) is 41.0 Å². The number of benzene rings is 1. The zero-order valence-electron chi connectivity index (χ0n) is 20.6. The van der Waals surface area contributed by atoms with Gasteiger partial charge >= 0.3 is 6.03 Å². The van der Waals surface area contributed by atoms with Gasteiger partial charge in [-0.05, 0) is 62.1 Å². The fourth-order valence-corrected chi connectivity index (χ4v) is 4.73. The Balaban J connectivity index is 1.37. The lowest BCUT2D eigenvalue weighted by Gasteiger charge is -2.23. The molecule has 0 spiro atoms. The number of hydrogen-bond acceptors (Lipinski definition) is 5. The van der Waals surface area contributed by atoms with E-state index in [1.165, 1.54) is 0 Å². The molecule has 3 heterocycles. The molecule has 35 heavy (non-hydrogen) atoms. The maximum atomic E-state index is 13.1. The molecule has 10 heteroatoms. The Labute approximate surface area is 210 Å². The van der Waals surface area contributed by atoms with Gasteiger partial charge in [-0.3, -0.25) is 4.79 Å². The Morgan fingerprint density at radius 1 is 1.09 bits per heavy atom. The smallest absolute Gasteiger partial charge is 0.321 e. The number of rotatable bonds is 5. The number of aryl methyl sites for hydroxylation is 3. The topological polar surface area (TPSA) is 92.6 Å². The first-order valence-corrected chi connectivity index (χ1v) is 12.1. The number of carbonyl (C=O) groups excluding carboxylic acids is 2. The molecule has 1 N–H and O–H groups in total. The van der Waals surface area contributed by atoms with Crippen molar-refractivity contribution in [2.75, 3.05) is 38.6 Å². The van der Waals surface area contributed by atoms with Gasteiger partial charge in [0.25, 0.3) is 0 Å². The van der Waals surface area contributed by atoms with Crippen molar-refractivity contribution in [1.29, 1.82) is 0 Å². The van der Waals surface area contributed by atoms with E-state index in [0.29, 0.717) is 55.6 Å². The zero-order chi connectivity index (χ0) is 25.1. The number of nitrogens with one attached hydrogen (secondary N) is 1. The first kappa shape index (κ1) is 24.8. The average Bonchev–Trinajstić information content (AvgIpc) is 2.99. The summed E-state index contributed by atoms with van der Waals surface area (Å²) in [5, 5.41) is 8.80. The number of nitrogens with zero attached hydrogens (tertiary/aromatic N) is 5. The Hall–Kier alpha value is -3.33. The van der Waals surface area contributed by atoms with Crippen molar-refractivity contribution in [3.8, 4) is 5.88 Å². The zero-order valence-corrected chi connectivity index (χ0v) is 21.4. The largest absolute Gasteiger partial charge is 0.479 e. The van der Waals surface area contributed by atoms with Crippen molar-refractivity contribution >= 4 is 40.3 Å². The Kier molecular flexibility index (Phi) is 7.45. The van der Waals surface area contributed by atoms with Crippen LogP contribution in [0.4, 0.5) is 10.5 Å². The predicted molar refractivity (Wildman–Crippen MR) is 136 cm³/mol. The summed E-state index contributed by atoms with van der Waals surface area (Å²) in [5.41, 5.74) is 4.46. The molecule has 1 fully saturated rings. The molecular formula is C25H31ClN6O3. The lowest BCUT2D eigenvalue weighted by Crippen LogP contribution is -2.39. The van der Waals surface area contributed by atoms with E-state index in [0.717, 1.165) is 34.3 Å². The van der Waals surface area contributed by atoms with E-state index in [2.05, 4.69) is 10.4 Å². The summed E-state index contributed by atoms with van der Waals surface area (Å²) >= 11 is 5.91. The van der Waals surface area contributed by atoms with Gasteiger partial charge < -0.3 is 19.9 Å². The maximum absolute atomic E-state index is 13.1. The van der Waals surface area contributed by atoms with Crippen LogP contribution < -0.4 is 10.1 Å². The summed E-state index contributed by atoms with van der Waals surface area (Å²) < 4.78 is 7.16. The highest BCUT2D eigenvalue weighted by molar-refractivity contribution is 6.30. The number of carbonyl (C=O) groups is 2. The van der Waals surface area contributed by atoms with Gasteiger partial charge in [-0.1, -0.05) is 11.6 Å². The minimum absolute atomic E-state index is 0.0852. The molecular weight excluding hydrogens is 468 g/mol. The third-order valence-electron chi connectivity index (χ3n) is 6.54. The molecule has 186 valence electrons. The normalized spacial score (nSPS) is 14.2. The highest BCUT2D eigenvalue weighted by Crippen LogP contribution is 2.30. The number of pyridine rings is 1. The minimum atomic E-state index is -0.169. The molecule has 1 aliphatic heterocycles. The SMILES string of the molecule is COc1nn(C)c2nc(C)c(CCC(=O)N3CCCN(C(=O)Nc4ccc(Cl)cc4)CC3)c(C)c12. The minimum Gasteiger partial charge on any atom is -0.479 e. The van der Waals surface area contributed by atoms with Crippen molar-refractivity contribution in [3.63, 3.8) is 0 Å². The van der Waals surface area contributed by atoms with E-state index >= 15 is 0 Å². The lowest BCUT2D eigenvalue weighted by molar-refractivity contribution is -0.131. The molecule has 0 aliphatic carbocycles. The number of aromatic nitrogens is 3. The van der Waals surface area contributed by atoms with Crippen molar-refractivity contribution < 1.29 is 14.3 Å². The third-order valence-corrected chi connectivity index (χ3v) is 6.79. The van der Waals surface area contributed by atoms with Crippen LogP contribution in [0.3, 0.4) is 0 Å². The lowest BCUT2D eigenvalue weighted by atomic mass is 10.00. The molecule has 2 aromatic heterocycles. The fourth-order valence-electron chi connectivity index (χ4n) is 4.60. The summed E-state index contributed by atoms with van der Waals surface area (Å²) in [5.74, 6) is 0.631. The summed E-state index contributed by atoms with van der Waals surface area (Å²) in [6, 6.07) is 6.84. The second-order valence-corrected chi connectivity index (χ2v) is 9.23. The Morgan fingerprint density at radius 3 is 2.49 bits per heavy atom. The molecule has 0 unspecified atom stereocenters. The van der Waals surface area contributed by atoms with Gasteiger partial charge in [-0.25, -0.2) is 14.5 Å². The fraction of sp³-hybridized carbons (Fsp3) is 0.440. The summed E-state index contributed by atoms with van der Waals surface area (Å²) in [6.45, 7) is 6.24. The van der Waals surface area contributed by atoms with Crippen LogP contribution in [0.15, 0.2) is 24.3 Å². The van der Waals surface area contributed by atoms with Crippen LogP contribution in [0.2, 0.25) is 5.02 Å². The van der Waals surface area contributed by atoms with Crippen LogP contribution in [0.5, 0.6) is 5.88 Å². The molecule has 0 radical (unpaired) electrons. The van der Waals surface area contributed by atoms with Crippen LogP contribution in [0.1, 0.15) is 29.7 Å². The van der Waals surface area contributed by atoms with Gasteiger partial charge in [0.1, 0.15) is 0 Å². The van der Waals surface area contributed by atoms with E-state index in [-0.39, 0.29) is 11.9 Å². The van der Waals surface area contributed by atoms with E-state index in [4.69, 9.17) is 21.3 Å². The molecule has 3 amide bonds. The molecule has 1 aliphatic rings. The maximum Gasteiger partial charge on any atom is 0.321 e. The Bertz CT molecular complexity index is 1240. The van der Waals surface area contributed by atoms with Gasteiger partial charge in [0, 0.05) is 56.1 Å². The Morgan fingerprint density at radius 2 is 1.77 bits per heavy atom. The second-order valence-electron chi connectivity index (χ2n) is 8.79. The summed E-state index contributed by atoms with van der Waals surface area (Å²) in [6.07, 6.45) is 1.71. The standard InChI is InChI=1S/C25H31ClN6O3/c1-16-20(17(2)27-23-22(16)24(35-4)29-30(23)3)10-11-21(33)31-12-5-13-32(15-14-31)25(34)28-19-8-6-18(26)7-9-19/h6-9H,5,10-15H2,1-4H3,(H,28,34). The van der Waals surface area contributed by atoms with Gasteiger partial charge in [-0.2, -0.15) is 0 Å². The van der Waals surface area contributed by atoms with Crippen molar-refractivity contribution in [2.45, 2.75) is 33.1 Å². The second kappa shape index (κ2) is 10.5. The highest BCUT2D eigenvalue weighted by atomic mass is 35.5. The van der Waals surface area contributed by atoms with Crippen LogP contribution >= 0.6 is 11.6 Å². The van der Waals surface area contributed by atoms with Crippen molar-refractivity contribution in [3.05, 3.63) is 46.1 Å². The average molecular weight is 499 g/mol. The van der Waals surface area contributed by atoms with Crippen molar-refractivity contribution in [1.82, 2.24) is 24.6 Å². The molecule has 4 rings (SSSR count). The van der Waals surface area contributed by atoms with E-state index in [1.807, 2.05) is 25.8 Å². The van der Waals surface area contributed by atoms with Crippen LogP contribution in [0.25, 0.3) is 11.0 Å². The van der Waals surface area contributed by atoms with Crippen molar-refractivity contribution in [2.24, 2.45) is 7.05 Å². The monoisotopic (exact) mass is 498 g/mol.